The number of ether oxygens (including phenoxy) is 3. The van der Waals surface area contributed by atoms with Crippen molar-refractivity contribution in [2.75, 3.05) is 34.4 Å². The molecule has 0 radical (unpaired) electrons. The largest absolute Gasteiger partial charge is 0.508 e. The lowest BCUT2D eigenvalue weighted by Crippen LogP contribution is -2.43. The lowest BCUT2D eigenvalue weighted by molar-refractivity contribution is -0.123. The van der Waals surface area contributed by atoms with Crippen LogP contribution >= 0.6 is 0 Å². The summed E-state index contributed by atoms with van der Waals surface area (Å²) >= 11 is 0. The van der Waals surface area contributed by atoms with E-state index < -0.39 is 0 Å². The number of methoxy groups -OCH3 is 3. The van der Waals surface area contributed by atoms with Crippen LogP contribution < -0.4 is 19.5 Å². The molecule has 1 aliphatic rings. The van der Waals surface area contributed by atoms with Gasteiger partial charge in [-0.2, -0.15) is 0 Å². The molecule has 8 nitrogen and oxygen atoms in total. The SMILES string of the molecule is COc1ccc(CC2c3c(O)ccc(OC)c3CCN2CC(=O)NCc2ccccn2)cc1OC. The van der Waals surface area contributed by atoms with Crippen molar-refractivity contribution in [2.45, 2.75) is 25.4 Å². The average Bonchev–Trinajstić information content (AvgIpc) is 2.89. The van der Waals surface area contributed by atoms with Crippen LogP contribution in [0.4, 0.5) is 0 Å². The lowest BCUT2D eigenvalue weighted by Gasteiger charge is -2.38. The topological polar surface area (TPSA) is 93.2 Å². The molecule has 1 amide bonds. The first-order chi connectivity index (χ1) is 17.0. The number of carbonyl (C=O) groups excluding carboxylic acids is 1. The summed E-state index contributed by atoms with van der Waals surface area (Å²) in [6.45, 7) is 1.21. The Labute approximate surface area is 205 Å². The molecule has 2 heterocycles. The number of aromatic hydroxyl groups is 1. The van der Waals surface area contributed by atoms with E-state index in [0.29, 0.717) is 37.4 Å². The molecule has 0 bridgehead atoms. The van der Waals surface area contributed by atoms with E-state index in [0.717, 1.165) is 28.1 Å². The van der Waals surface area contributed by atoms with Crippen LogP contribution in [-0.2, 0) is 24.2 Å². The maximum Gasteiger partial charge on any atom is 0.234 e. The Bertz CT molecular complexity index is 1170. The predicted molar refractivity (Wildman–Crippen MR) is 132 cm³/mol. The van der Waals surface area contributed by atoms with Gasteiger partial charge in [0.1, 0.15) is 11.5 Å². The maximum atomic E-state index is 12.9. The van der Waals surface area contributed by atoms with Gasteiger partial charge in [0, 0.05) is 29.9 Å². The highest BCUT2D eigenvalue weighted by Crippen LogP contribution is 2.42. The van der Waals surface area contributed by atoms with Crippen LogP contribution in [0.3, 0.4) is 0 Å². The van der Waals surface area contributed by atoms with Crippen LogP contribution in [0.5, 0.6) is 23.0 Å². The van der Waals surface area contributed by atoms with Gasteiger partial charge in [0.05, 0.1) is 40.1 Å². The Morgan fingerprint density at radius 1 is 1.06 bits per heavy atom. The molecule has 3 aromatic rings. The van der Waals surface area contributed by atoms with E-state index in [1.54, 1.807) is 39.7 Å². The molecule has 8 heteroatoms. The maximum absolute atomic E-state index is 12.9. The van der Waals surface area contributed by atoms with E-state index in [9.17, 15) is 9.90 Å². The third-order valence-electron chi connectivity index (χ3n) is 6.35. The highest BCUT2D eigenvalue weighted by atomic mass is 16.5. The van der Waals surface area contributed by atoms with Gasteiger partial charge in [-0.25, -0.2) is 0 Å². The third-order valence-corrected chi connectivity index (χ3v) is 6.35. The fourth-order valence-electron chi connectivity index (χ4n) is 4.63. The summed E-state index contributed by atoms with van der Waals surface area (Å²) in [6, 6.07) is 14.6. The van der Waals surface area contributed by atoms with Gasteiger partial charge >= 0.3 is 0 Å². The number of benzene rings is 2. The number of rotatable bonds is 9. The number of nitrogens with zero attached hydrogens (tertiary/aromatic N) is 2. The van der Waals surface area contributed by atoms with E-state index in [-0.39, 0.29) is 24.2 Å². The molecule has 0 fully saturated rings. The first-order valence-electron chi connectivity index (χ1n) is 11.5. The molecule has 0 spiro atoms. The quantitative estimate of drug-likeness (QED) is 0.489. The van der Waals surface area contributed by atoms with Crippen LogP contribution in [-0.4, -0.2) is 55.3 Å². The molecule has 1 unspecified atom stereocenters. The van der Waals surface area contributed by atoms with Crippen molar-refractivity contribution in [1.29, 1.82) is 0 Å². The van der Waals surface area contributed by atoms with Crippen molar-refractivity contribution in [1.82, 2.24) is 15.2 Å². The molecule has 184 valence electrons. The van der Waals surface area contributed by atoms with Crippen LogP contribution in [0.2, 0.25) is 0 Å². The smallest absolute Gasteiger partial charge is 0.234 e. The van der Waals surface area contributed by atoms with Gasteiger partial charge in [-0.3, -0.25) is 14.7 Å². The number of carbonyl (C=O) groups is 1. The van der Waals surface area contributed by atoms with Gasteiger partial charge in [-0.05, 0) is 54.8 Å². The fourth-order valence-corrected chi connectivity index (χ4v) is 4.63. The van der Waals surface area contributed by atoms with Crippen molar-refractivity contribution in [3.63, 3.8) is 0 Å². The molecule has 1 aliphatic heterocycles. The van der Waals surface area contributed by atoms with E-state index in [2.05, 4.69) is 15.2 Å². The summed E-state index contributed by atoms with van der Waals surface area (Å²) in [5.74, 6) is 2.13. The van der Waals surface area contributed by atoms with Crippen molar-refractivity contribution in [3.05, 3.63) is 77.1 Å². The van der Waals surface area contributed by atoms with Gasteiger partial charge < -0.3 is 24.6 Å². The minimum Gasteiger partial charge on any atom is -0.508 e. The summed E-state index contributed by atoms with van der Waals surface area (Å²) in [6.07, 6.45) is 2.95. The second kappa shape index (κ2) is 11.1. The zero-order valence-electron chi connectivity index (χ0n) is 20.3. The summed E-state index contributed by atoms with van der Waals surface area (Å²) in [4.78, 5) is 19.2. The molecular formula is C27H31N3O5. The van der Waals surface area contributed by atoms with Crippen LogP contribution in [0.1, 0.15) is 28.4 Å². The Kier molecular flexibility index (Phi) is 7.72. The van der Waals surface area contributed by atoms with E-state index in [1.807, 2.05) is 36.4 Å². The molecule has 0 saturated carbocycles. The first-order valence-corrected chi connectivity index (χ1v) is 11.5. The second-order valence-electron chi connectivity index (χ2n) is 8.41. The summed E-state index contributed by atoms with van der Waals surface area (Å²) in [7, 11) is 4.84. The number of pyridine rings is 1. The van der Waals surface area contributed by atoms with Crippen molar-refractivity contribution in [3.8, 4) is 23.0 Å². The van der Waals surface area contributed by atoms with Crippen molar-refractivity contribution < 1.29 is 24.1 Å². The third kappa shape index (κ3) is 5.49. The molecule has 35 heavy (non-hydrogen) atoms. The highest BCUT2D eigenvalue weighted by Gasteiger charge is 2.33. The number of aromatic nitrogens is 1. The van der Waals surface area contributed by atoms with Gasteiger partial charge in [0.15, 0.2) is 11.5 Å². The van der Waals surface area contributed by atoms with Crippen LogP contribution in [0, 0.1) is 0 Å². The molecule has 1 aromatic heterocycles. The number of nitrogens with one attached hydrogen (secondary N) is 1. The summed E-state index contributed by atoms with van der Waals surface area (Å²) in [5, 5.41) is 13.8. The van der Waals surface area contributed by atoms with E-state index in [4.69, 9.17) is 14.2 Å². The second-order valence-corrected chi connectivity index (χ2v) is 8.41. The minimum absolute atomic E-state index is 0.0983. The Hall–Kier alpha value is -3.78. The predicted octanol–water partition coefficient (Wildman–Crippen LogP) is 3.27. The van der Waals surface area contributed by atoms with Crippen LogP contribution in [0.15, 0.2) is 54.7 Å². The van der Waals surface area contributed by atoms with E-state index in [1.165, 1.54) is 0 Å². The summed E-state index contributed by atoms with van der Waals surface area (Å²) < 4.78 is 16.4. The van der Waals surface area contributed by atoms with Crippen LogP contribution in [0.25, 0.3) is 0 Å². The van der Waals surface area contributed by atoms with E-state index >= 15 is 0 Å². The van der Waals surface area contributed by atoms with Gasteiger partial charge in [0.25, 0.3) is 0 Å². The van der Waals surface area contributed by atoms with Crippen molar-refractivity contribution in [2.24, 2.45) is 0 Å². The molecular weight excluding hydrogens is 446 g/mol. The normalized spacial score (nSPS) is 15.2. The Balaban J connectivity index is 1.61. The number of fused-ring (bicyclic) bond motifs is 1. The molecule has 4 rings (SSSR count). The van der Waals surface area contributed by atoms with Gasteiger partial charge in [-0.1, -0.05) is 12.1 Å². The number of phenols is 1. The fraction of sp³-hybridized carbons (Fsp3) is 0.333. The molecule has 1 atom stereocenters. The molecule has 2 N–H and O–H groups in total. The lowest BCUT2D eigenvalue weighted by atomic mass is 9.87. The minimum atomic E-state index is -0.229. The monoisotopic (exact) mass is 477 g/mol. The number of phenolic OH excluding ortho intramolecular Hbond substituents is 1. The molecule has 0 aliphatic carbocycles. The zero-order chi connectivity index (χ0) is 24.8. The first kappa shape index (κ1) is 24.3. The zero-order valence-corrected chi connectivity index (χ0v) is 20.3. The highest BCUT2D eigenvalue weighted by molar-refractivity contribution is 5.78. The Morgan fingerprint density at radius 2 is 1.83 bits per heavy atom. The molecule has 2 aromatic carbocycles. The van der Waals surface area contributed by atoms with Crippen molar-refractivity contribution >= 4 is 5.91 Å². The van der Waals surface area contributed by atoms with Gasteiger partial charge in [-0.15, -0.1) is 0 Å². The number of amides is 1. The molecule has 0 saturated heterocycles. The number of hydrogen-bond donors (Lipinski definition) is 2. The standard InChI is InChI=1S/C27H31N3O5/c1-33-23-10-8-22(31)27-20(23)11-13-30(17-26(32)29-16-19-6-4-5-12-28-19)21(27)14-18-7-9-24(34-2)25(15-18)35-3/h4-10,12,15,21,31H,11,13-14,16-17H2,1-3H3,(H,29,32). The summed E-state index contributed by atoms with van der Waals surface area (Å²) in [5.41, 5.74) is 3.57. The Morgan fingerprint density at radius 3 is 2.54 bits per heavy atom. The average molecular weight is 478 g/mol. The number of hydrogen-bond acceptors (Lipinski definition) is 7. The van der Waals surface area contributed by atoms with Gasteiger partial charge in [0.2, 0.25) is 5.91 Å².